The largest absolute Gasteiger partial charge is 0.399 e. The maximum Gasteiger partial charge on any atom is 0.0419 e. The summed E-state index contributed by atoms with van der Waals surface area (Å²) in [6.45, 7) is 5.65. The van der Waals surface area contributed by atoms with Gasteiger partial charge < -0.3 is 10.6 Å². The molecular weight excluding hydrogens is 208 g/mol. The van der Waals surface area contributed by atoms with Crippen molar-refractivity contribution in [2.24, 2.45) is 0 Å². The molecule has 0 aromatic heterocycles. The first-order chi connectivity index (χ1) is 8.22. The normalized spacial score (nSPS) is 20.6. The summed E-state index contributed by atoms with van der Waals surface area (Å²) in [5.41, 5.74) is 9.51. The van der Waals surface area contributed by atoms with Crippen LogP contribution in [0.5, 0.6) is 0 Å². The second-order valence-electron chi connectivity index (χ2n) is 5.18. The van der Waals surface area contributed by atoms with Crippen LogP contribution in [0.4, 0.5) is 11.4 Å². The molecule has 1 fully saturated rings. The van der Waals surface area contributed by atoms with Crippen molar-refractivity contribution in [2.45, 2.75) is 52.0 Å². The molecule has 1 unspecified atom stereocenters. The van der Waals surface area contributed by atoms with Gasteiger partial charge in [0.05, 0.1) is 0 Å². The highest BCUT2D eigenvalue weighted by Crippen LogP contribution is 2.30. The molecule has 0 amide bonds. The zero-order chi connectivity index (χ0) is 12.3. The van der Waals surface area contributed by atoms with E-state index in [1.165, 1.54) is 49.9 Å². The standard InChI is InChI=1S/C15H24N2/c1-3-6-14-7-4-5-10-17(14)15-11-13(16)9-8-12(15)2/h8-9,11,14H,3-7,10,16H2,1-2H3. The van der Waals surface area contributed by atoms with Gasteiger partial charge in [-0.2, -0.15) is 0 Å². The van der Waals surface area contributed by atoms with E-state index in [1.807, 2.05) is 6.07 Å². The molecule has 0 bridgehead atoms. The van der Waals surface area contributed by atoms with Crippen LogP contribution in [0.25, 0.3) is 0 Å². The van der Waals surface area contributed by atoms with Crippen molar-refractivity contribution in [1.82, 2.24) is 0 Å². The summed E-state index contributed by atoms with van der Waals surface area (Å²) < 4.78 is 0. The Morgan fingerprint density at radius 3 is 2.94 bits per heavy atom. The first-order valence-corrected chi connectivity index (χ1v) is 6.85. The van der Waals surface area contributed by atoms with Gasteiger partial charge in [0.1, 0.15) is 0 Å². The maximum absolute atomic E-state index is 5.93. The minimum Gasteiger partial charge on any atom is -0.399 e. The molecule has 2 rings (SSSR count). The zero-order valence-corrected chi connectivity index (χ0v) is 11.1. The van der Waals surface area contributed by atoms with Gasteiger partial charge in [0.25, 0.3) is 0 Å². The molecule has 2 nitrogen and oxygen atoms in total. The van der Waals surface area contributed by atoms with Gasteiger partial charge in [-0.1, -0.05) is 19.4 Å². The number of piperidine rings is 1. The summed E-state index contributed by atoms with van der Waals surface area (Å²) in [7, 11) is 0. The van der Waals surface area contributed by atoms with Gasteiger partial charge in [0.15, 0.2) is 0 Å². The summed E-state index contributed by atoms with van der Waals surface area (Å²) >= 11 is 0. The second kappa shape index (κ2) is 5.44. The van der Waals surface area contributed by atoms with E-state index in [-0.39, 0.29) is 0 Å². The lowest BCUT2D eigenvalue weighted by molar-refractivity contribution is 0.434. The van der Waals surface area contributed by atoms with E-state index in [2.05, 4.69) is 30.9 Å². The maximum atomic E-state index is 5.93. The van der Waals surface area contributed by atoms with Crippen LogP contribution in [0.15, 0.2) is 18.2 Å². The molecule has 0 spiro atoms. The van der Waals surface area contributed by atoms with Crippen molar-refractivity contribution in [3.8, 4) is 0 Å². The first kappa shape index (κ1) is 12.3. The summed E-state index contributed by atoms with van der Waals surface area (Å²) in [6, 6.07) is 7.00. The molecule has 0 saturated carbocycles. The number of nitrogen functional groups attached to an aromatic ring is 1. The number of nitrogens with zero attached hydrogens (tertiary/aromatic N) is 1. The molecule has 17 heavy (non-hydrogen) atoms. The number of aryl methyl sites for hydroxylation is 1. The van der Waals surface area contributed by atoms with Gasteiger partial charge in [-0.3, -0.25) is 0 Å². The van der Waals surface area contributed by atoms with Gasteiger partial charge in [-0.15, -0.1) is 0 Å². The Labute approximate surface area is 105 Å². The van der Waals surface area contributed by atoms with E-state index in [4.69, 9.17) is 5.73 Å². The van der Waals surface area contributed by atoms with E-state index in [1.54, 1.807) is 0 Å². The van der Waals surface area contributed by atoms with Gasteiger partial charge in [-0.05, 0) is 50.3 Å². The Kier molecular flexibility index (Phi) is 3.93. The molecule has 1 atom stereocenters. The van der Waals surface area contributed by atoms with Crippen LogP contribution in [0.1, 0.15) is 44.6 Å². The minimum absolute atomic E-state index is 0.717. The van der Waals surface area contributed by atoms with Crippen LogP contribution in [0.2, 0.25) is 0 Å². The van der Waals surface area contributed by atoms with E-state index in [0.717, 1.165) is 5.69 Å². The number of hydrogen-bond acceptors (Lipinski definition) is 2. The van der Waals surface area contributed by atoms with Crippen molar-refractivity contribution in [3.63, 3.8) is 0 Å². The summed E-state index contributed by atoms with van der Waals surface area (Å²) in [4.78, 5) is 2.58. The molecule has 1 aliphatic rings. The Bertz CT molecular complexity index is 371. The van der Waals surface area contributed by atoms with Crippen molar-refractivity contribution in [3.05, 3.63) is 23.8 Å². The first-order valence-electron chi connectivity index (χ1n) is 6.85. The van der Waals surface area contributed by atoms with Crippen molar-refractivity contribution in [2.75, 3.05) is 17.2 Å². The van der Waals surface area contributed by atoms with Crippen molar-refractivity contribution in [1.29, 1.82) is 0 Å². The molecule has 2 heteroatoms. The number of anilines is 2. The third-order valence-electron chi connectivity index (χ3n) is 3.79. The average Bonchev–Trinajstić information content (AvgIpc) is 2.34. The fraction of sp³-hybridized carbons (Fsp3) is 0.600. The highest BCUT2D eigenvalue weighted by molar-refractivity contribution is 5.61. The van der Waals surface area contributed by atoms with Crippen LogP contribution < -0.4 is 10.6 Å². The molecule has 94 valence electrons. The number of rotatable bonds is 3. The van der Waals surface area contributed by atoms with Crippen LogP contribution in [0, 0.1) is 6.92 Å². The van der Waals surface area contributed by atoms with Crippen LogP contribution in [0.3, 0.4) is 0 Å². The lowest BCUT2D eigenvalue weighted by atomic mass is 9.96. The van der Waals surface area contributed by atoms with Gasteiger partial charge >= 0.3 is 0 Å². The molecule has 1 saturated heterocycles. The predicted molar refractivity (Wildman–Crippen MR) is 75.5 cm³/mol. The summed E-state index contributed by atoms with van der Waals surface area (Å²) in [5, 5.41) is 0. The Morgan fingerprint density at radius 2 is 2.18 bits per heavy atom. The third kappa shape index (κ3) is 2.74. The molecular formula is C15H24N2. The SMILES string of the molecule is CCCC1CCCCN1c1cc(N)ccc1C. The van der Waals surface area contributed by atoms with E-state index in [0.29, 0.717) is 6.04 Å². The molecule has 1 aromatic rings. The highest BCUT2D eigenvalue weighted by atomic mass is 15.2. The zero-order valence-electron chi connectivity index (χ0n) is 11.1. The number of benzene rings is 1. The van der Waals surface area contributed by atoms with E-state index < -0.39 is 0 Å². The molecule has 1 aliphatic heterocycles. The Balaban J connectivity index is 2.25. The van der Waals surface area contributed by atoms with Crippen LogP contribution in [-0.4, -0.2) is 12.6 Å². The Morgan fingerprint density at radius 1 is 1.35 bits per heavy atom. The lowest BCUT2D eigenvalue weighted by Crippen LogP contribution is -2.39. The second-order valence-corrected chi connectivity index (χ2v) is 5.18. The lowest BCUT2D eigenvalue weighted by Gasteiger charge is -2.38. The number of hydrogen-bond donors (Lipinski definition) is 1. The quantitative estimate of drug-likeness (QED) is 0.804. The fourth-order valence-corrected chi connectivity index (χ4v) is 2.89. The average molecular weight is 232 g/mol. The van der Waals surface area contributed by atoms with Crippen molar-refractivity contribution < 1.29 is 0 Å². The smallest absolute Gasteiger partial charge is 0.0419 e. The minimum atomic E-state index is 0.717. The molecule has 1 aromatic carbocycles. The highest BCUT2D eigenvalue weighted by Gasteiger charge is 2.22. The van der Waals surface area contributed by atoms with Gasteiger partial charge in [0, 0.05) is 24.0 Å². The number of nitrogens with two attached hydrogens (primary N) is 1. The summed E-state index contributed by atoms with van der Waals surface area (Å²) in [6.07, 6.45) is 6.59. The fourth-order valence-electron chi connectivity index (χ4n) is 2.89. The van der Waals surface area contributed by atoms with Gasteiger partial charge in [0.2, 0.25) is 0 Å². The van der Waals surface area contributed by atoms with Crippen LogP contribution in [-0.2, 0) is 0 Å². The van der Waals surface area contributed by atoms with E-state index >= 15 is 0 Å². The van der Waals surface area contributed by atoms with Gasteiger partial charge in [-0.25, -0.2) is 0 Å². The monoisotopic (exact) mass is 232 g/mol. The molecule has 1 heterocycles. The third-order valence-corrected chi connectivity index (χ3v) is 3.79. The predicted octanol–water partition coefficient (Wildman–Crippen LogP) is 3.74. The Hall–Kier alpha value is -1.18. The summed E-state index contributed by atoms with van der Waals surface area (Å²) in [5.74, 6) is 0. The van der Waals surface area contributed by atoms with E-state index in [9.17, 15) is 0 Å². The topological polar surface area (TPSA) is 29.3 Å². The molecule has 0 aliphatic carbocycles. The molecule has 2 N–H and O–H groups in total. The van der Waals surface area contributed by atoms with Crippen molar-refractivity contribution >= 4 is 11.4 Å². The van der Waals surface area contributed by atoms with Crippen LogP contribution >= 0.6 is 0 Å². The molecule has 0 radical (unpaired) electrons.